The van der Waals surface area contributed by atoms with Crippen LogP contribution in [0.4, 0.5) is 20.1 Å². The highest BCUT2D eigenvalue weighted by Crippen LogP contribution is 2.13. The molecule has 0 aromatic heterocycles. The fourth-order valence-corrected chi connectivity index (χ4v) is 5.11. The van der Waals surface area contributed by atoms with Crippen molar-refractivity contribution < 1.29 is 57.6 Å². The molecule has 0 saturated carbocycles. The summed E-state index contributed by atoms with van der Waals surface area (Å²) in [4.78, 5) is 85.2. The quantitative estimate of drug-likeness (QED) is 0.0520. The molecule has 7 amide bonds. The summed E-state index contributed by atoms with van der Waals surface area (Å²) in [6.45, 7) is 9.21. The summed E-state index contributed by atoms with van der Waals surface area (Å²) in [5.41, 5.74) is 6.20. The average Bonchev–Trinajstić information content (AvgIpc) is 3.15. The Morgan fingerprint density at radius 1 is 0.732 bits per heavy atom. The minimum absolute atomic E-state index is 0.00634. The lowest BCUT2D eigenvalue weighted by Gasteiger charge is -2.25. The van der Waals surface area contributed by atoms with Gasteiger partial charge in [0.25, 0.3) is 0 Å². The minimum atomic E-state index is -1.12. The summed E-state index contributed by atoms with van der Waals surface area (Å²) in [5.74, 6) is -1.70. The lowest BCUT2D eigenvalue weighted by Crippen LogP contribution is -2.54. The van der Waals surface area contributed by atoms with E-state index >= 15 is 0 Å². The topological polar surface area (TPSA) is 275 Å². The van der Waals surface area contributed by atoms with Crippen LogP contribution in [0.5, 0.6) is 0 Å². The van der Waals surface area contributed by atoms with Gasteiger partial charge in [0.2, 0.25) is 17.7 Å². The van der Waals surface area contributed by atoms with Gasteiger partial charge in [-0.3, -0.25) is 19.2 Å². The van der Waals surface area contributed by atoms with Crippen LogP contribution in [-0.4, -0.2) is 118 Å². The van der Waals surface area contributed by atoms with E-state index in [1.54, 1.807) is 38.1 Å². The number of anilines is 1. The van der Waals surface area contributed by atoms with Gasteiger partial charge in [-0.25, -0.2) is 14.4 Å². The first-order chi connectivity index (χ1) is 26.8. The molecule has 1 unspecified atom stereocenters. The fraction of sp³-hybridized carbons (Fsp3) is 0.649. The second-order valence-corrected chi connectivity index (χ2v) is 13.0. The van der Waals surface area contributed by atoms with E-state index in [0.717, 1.165) is 12.8 Å². The first-order valence-corrected chi connectivity index (χ1v) is 18.9. The van der Waals surface area contributed by atoms with Crippen LogP contribution in [-0.2, 0) is 44.7 Å². The standard InChI is InChI=1S/C37H61N7O12/c1-5-27(6-2)30(45)13-18-53-19-14-31(46)44-32(25(3)4)34(48)43-29(8-7-15-39-35(38)49)33(47)42-28-11-9-26(10-12-28)24-56-37(52)41-17-21-55-23-22-54-20-16-40-36(50)51/h9-12,25,27,29,32,40H,5-8,13-24H2,1-4H3,(H,41,52)(H,42,47)(H,43,48)(H,44,46)(H,50,51)(H3,38,39,49)/t29-,32?/m1/s1. The fourth-order valence-electron chi connectivity index (χ4n) is 5.11. The average molecular weight is 796 g/mol. The molecule has 316 valence electrons. The first-order valence-electron chi connectivity index (χ1n) is 18.9. The van der Waals surface area contributed by atoms with Gasteiger partial charge in [-0.15, -0.1) is 0 Å². The number of carbonyl (C=O) groups excluding carboxylic acids is 6. The van der Waals surface area contributed by atoms with Gasteiger partial charge in [0, 0.05) is 44.1 Å². The maximum absolute atomic E-state index is 13.4. The van der Waals surface area contributed by atoms with E-state index in [4.69, 9.17) is 29.8 Å². The summed E-state index contributed by atoms with van der Waals surface area (Å²) in [6, 6.07) is 3.81. The Morgan fingerprint density at radius 2 is 1.34 bits per heavy atom. The molecule has 1 rings (SSSR count). The van der Waals surface area contributed by atoms with E-state index in [1.165, 1.54) is 0 Å². The third-order valence-electron chi connectivity index (χ3n) is 8.28. The highest BCUT2D eigenvalue weighted by molar-refractivity contribution is 5.98. The normalized spacial score (nSPS) is 12.0. The molecule has 56 heavy (non-hydrogen) atoms. The number of urea groups is 1. The van der Waals surface area contributed by atoms with Crippen molar-refractivity contribution in [3.63, 3.8) is 0 Å². The lowest BCUT2D eigenvalue weighted by molar-refractivity contribution is -0.132. The van der Waals surface area contributed by atoms with E-state index < -0.39 is 48.0 Å². The van der Waals surface area contributed by atoms with E-state index in [-0.39, 0.29) is 103 Å². The number of amides is 7. The number of nitrogens with two attached hydrogens (primary N) is 1. The molecule has 2 atom stereocenters. The largest absolute Gasteiger partial charge is 0.465 e. The van der Waals surface area contributed by atoms with Crippen molar-refractivity contribution >= 4 is 47.4 Å². The van der Waals surface area contributed by atoms with Gasteiger partial charge in [0.05, 0.1) is 39.6 Å². The number of hydrogen-bond acceptors (Lipinski definition) is 11. The first kappa shape index (κ1) is 49.0. The summed E-state index contributed by atoms with van der Waals surface area (Å²) in [7, 11) is 0. The number of alkyl carbamates (subject to hydrolysis) is 1. The predicted molar refractivity (Wildman–Crippen MR) is 206 cm³/mol. The number of hydrogen-bond donors (Lipinski definition) is 8. The molecule has 1 aromatic rings. The van der Waals surface area contributed by atoms with Crippen molar-refractivity contribution in [2.24, 2.45) is 17.6 Å². The van der Waals surface area contributed by atoms with Crippen molar-refractivity contribution in [1.82, 2.24) is 26.6 Å². The number of primary amides is 1. The number of ether oxygens (including phenoxy) is 4. The zero-order valence-electron chi connectivity index (χ0n) is 32.9. The Bertz CT molecular complexity index is 1360. The van der Waals surface area contributed by atoms with Crippen molar-refractivity contribution in [2.75, 3.05) is 64.6 Å². The van der Waals surface area contributed by atoms with Gasteiger partial charge in [0.1, 0.15) is 24.5 Å². The maximum Gasteiger partial charge on any atom is 0.407 e. The highest BCUT2D eigenvalue weighted by atomic mass is 16.6. The van der Waals surface area contributed by atoms with Crippen molar-refractivity contribution in [3.8, 4) is 0 Å². The molecule has 0 saturated heterocycles. The molecule has 0 aliphatic rings. The summed E-state index contributed by atoms with van der Waals surface area (Å²) >= 11 is 0. The number of carboxylic acid groups (broad SMARTS) is 1. The van der Waals surface area contributed by atoms with Crippen molar-refractivity contribution in [2.45, 2.75) is 84.9 Å². The molecular formula is C37H61N7O12. The van der Waals surface area contributed by atoms with Gasteiger partial charge in [-0.05, 0) is 49.3 Å². The van der Waals surface area contributed by atoms with Gasteiger partial charge < -0.3 is 61.7 Å². The van der Waals surface area contributed by atoms with E-state index in [0.29, 0.717) is 17.7 Å². The van der Waals surface area contributed by atoms with Crippen LogP contribution >= 0.6 is 0 Å². The van der Waals surface area contributed by atoms with Crippen molar-refractivity contribution in [1.29, 1.82) is 0 Å². The SMILES string of the molecule is CCC(CC)C(=O)CCOCCC(=O)NC(C(=O)N[C@H](CCCNC(N)=O)C(=O)Nc1ccc(COC(=O)NCCOCCOCCNC(=O)O)cc1)C(C)C. The molecule has 19 heteroatoms. The van der Waals surface area contributed by atoms with Gasteiger partial charge in [-0.2, -0.15) is 0 Å². The number of rotatable bonds is 30. The summed E-state index contributed by atoms with van der Waals surface area (Å²) in [5, 5.41) is 23.9. The monoisotopic (exact) mass is 795 g/mol. The minimum Gasteiger partial charge on any atom is -0.465 e. The molecule has 9 N–H and O–H groups in total. The zero-order chi connectivity index (χ0) is 41.7. The number of carbonyl (C=O) groups is 7. The molecule has 19 nitrogen and oxygen atoms in total. The third-order valence-corrected chi connectivity index (χ3v) is 8.28. The Hall–Kier alpha value is -5.01. The predicted octanol–water partition coefficient (Wildman–Crippen LogP) is 2.03. The summed E-state index contributed by atoms with van der Waals surface area (Å²) < 4.78 is 21.2. The van der Waals surface area contributed by atoms with Crippen LogP contribution in [0.15, 0.2) is 24.3 Å². The Labute approximate surface area is 328 Å². The van der Waals surface area contributed by atoms with Crippen LogP contribution in [0, 0.1) is 11.8 Å². The van der Waals surface area contributed by atoms with Crippen LogP contribution in [0.3, 0.4) is 0 Å². The second kappa shape index (κ2) is 29.3. The number of Topliss-reactive ketones (excluding diaryl/α,β-unsaturated/α-hetero) is 1. The number of nitrogens with one attached hydrogen (secondary N) is 6. The van der Waals surface area contributed by atoms with Crippen LogP contribution in [0.25, 0.3) is 0 Å². The number of ketones is 1. The maximum atomic E-state index is 13.4. The van der Waals surface area contributed by atoms with E-state index in [9.17, 15) is 33.6 Å². The van der Waals surface area contributed by atoms with Gasteiger partial charge >= 0.3 is 18.2 Å². The molecule has 0 heterocycles. The summed E-state index contributed by atoms with van der Waals surface area (Å²) in [6.07, 6.45) is 0.475. The van der Waals surface area contributed by atoms with Gasteiger partial charge in [-0.1, -0.05) is 39.8 Å². The molecular weight excluding hydrogens is 734 g/mol. The Morgan fingerprint density at radius 3 is 1.93 bits per heavy atom. The van der Waals surface area contributed by atoms with Crippen molar-refractivity contribution in [3.05, 3.63) is 29.8 Å². The molecule has 0 aliphatic carbocycles. The van der Waals surface area contributed by atoms with Crippen LogP contribution < -0.4 is 37.6 Å². The Kier molecular flexibility index (Phi) is 25.6. The van der Waals surface area contributed by atoms with Gasteiger partial charge in [0.15, 0.2) is 0 Å². The molecule has 0 aliphatic heterocycles. The smallest absolute Gasteiger partial charge is 0.407 e. The third kappa shape index (κ3) is 23.0. The van der Waals surface area contributed by atoms with E-state index in [2.05, 4.69) is 31.9 Å². The zero-order valence-corrected chi connectivity index (χ0v) is 32.9. The highest BCUT2D eigenvalue weighted by Gasteiger charge is 2.29. The molecule has 0 bridgehead atoms. The molecule has 0 fully saturated rings. The molecule has 1 aromatic carbocycles. The Balaban J connectivity index is 2.62. The van der Waals surface area contributed by atoms with E-state index in [1.807, 2.05) is 13.8 Å². The van der Waals surface area contributed by atoms with Crippen LogP contribution in [0.1, 0.15) is 71.8 Å². The van der Waals surface area contributed by atoms with Crippen LogP contribution in [0.2, 0.25) is 0 Å². The molecule has 0 spiro atoms. The molecule has 0 radical (unpaired) electrons. The lowest BCUT2D eigenvalue weighted by atomic mass is 9.96. The second-order valence-electron chi connectivity index (χ2n) is 13.0. The number of benzene rings is 1.